The van der Waals surface area contributed by atoms with E-state index in [0.29, 0.717) is 35.8 Å². The van der Waals surface area contributed by atoms with Gasteiger partial charge in [0.15, 0.2) is 23.0 Å². The SMILES string of the molecule is CCOc1cc(/C=N\NC(=O)N/N=C/c2ccc(O)c(OCC)c2)ccc1O. The zero-order valence-corrected chi connectivity index (χ0v) is 15.5. The number of urea groups is 1. The van der Waals surface area contributed by atoms with E-state index >= 15 is 0 Å². The van der Waals surface area contributed by atoms with Gasteiger partial charge in [0, 0.05) is 0 Å². The van der Waals surface area contributed by atoms with Crippen LogP contribution in [0.2, 0.25) is 0 Å². The Hall–Kier alpha value is -3.75. The standard InChI is InChI=1S/C19H22N4O5/c1-3-27-17-9-13(5-7-15(17)24)11-20-22-19(26)23-21-12-14-6-8-16(25)18(10-14)28-4-2/h5-12,24-25H,3-4H2,1-2H3,(H2,22,23,26)/b20-11-,21-12+. The second-order valence-corrected chi connectivity index (χ2v) is 5.39. The van der Waals surface area contributed by atoms with E-state index in [1.54, 1.807) is 24.3 Å². The van der Waals surface area contributed by atoms with Crippen LogP contribution in [0.4, 0.5) is 4.79 Å². The van der Waals surface area contributed by atoms with Crippen molar-refractivity contribution in [2.45, 2.75) is 13.8 Å². The summed E-state index contributed by atoms with van der Waals surface area (Å²) in [7, 11) is 0. The number of benzene rings is 2. The predicted molar refractivity (Wildman–Crippen MR) is 105 cm³/mol. The van der Waals surface area contributed by atoms with Gasteiger partial charge in [-0.25, -0.2) is 15.6 Å². The van der Waals surface area contributed by atoms with Crippen LogP contribution in [-0.4, -0.2) is 41.9 Å². The monoisotopic (exact) mass is 386 g/mol. The average Bonchev–Trinajstić information content (AvgIpc) is 2.67. The summed E-state index contributed by atoms with van der Waals surface area (Å²) in [5, 5.41) is 26.9. The lowest BCUT2D eigenvalue weighted by atomic mass is 10.2. The lowest BCUT2D eigenvalue weighted by Gasteiger charge is -2.06. The van der Waals surface area contributed by atoms with Crippen LogP contribution in [0.5, 0.6) is 23.0 Å². The minimum atomic E-state index is -0.639. The summed E-state index contributed by atoms with van der Waals surface area (Å²) in [6, 6.07) is 8.76. The van der Waals surface area contributed by atoms with E-state index in [1.807, 2.05) is 13.8 Å². The molecule has 9 heteroatoms. The highest BCUT2D eigenvalue weighted by atomic mass is 16.5. The molecule has 2 aromatic carbocycles. The molecule has 4 N–H and O–H groups in total. The molecule has 0 radical (unpaired) electrons. The molecule has 2 rings (SSSR count). The first-order valence-corrected chi connectivity index (χ1v) is 8.57. The normalized spacial score (nSPS) is 10.9. The molecule has 0 saturated heterocycles. The van der Waals surface area contributed by atoms with Gasteiger partial charge in [0.1, 0.15) is 0 Å². The fraction of sp³-hybridized carbons (Fsp3) is 0.211. The lowest BCUT2D eigenvalue weighted by Crippen LogP contribution is -2.28. The van der Waals surface area contributed by atoms with Crippen molar-refractivity contribution in [3.8, 4) is 23.0 Å². The Balaban J connectivity index is 1.87. The minimum absolute atomic E-state index is 0.0285. The average molecular weight is 386 g/mol. The number of carbonyl (C=O) groups excluding carboxylic acids is 1. The van der Waals surface area contributed by atoms with Crippen molar-refractivity contribution < 1.29 is 24.5 Å². The Morgan fingerprint density at radius 3 is 1.71 bits per heavy atom. The Morgan fingerprint density at radius 1 is 0.893 bits per heavy atom. The molecule has 0 heterocycles. The number of rotatable bonds is 8. The molecule has 2 amide bonds. The van der Waals surface area contributed by atoms with Gasteiger partial charge in [-0.3, -0.25) is 0 Å². The first-order valence-electron chi connectivity index (χ1n) is 8.57. The number of ether oxygens (including phenoxy) is 2. The maximum absolute atomic E-state index is 11.7. The third kappa shape index (κ3) is 6.20. The van der Waals surface area contributed by atoms with Gasteiger partial charge in [0.25, 0.3) is 0 Å². The summed E-state index contributed by atoms with van der Waals surface area (Å²) in [6.07, 6.45) is 2.80. The minimum Gasteiger partial charge on any atom is -0.504 e. The quantitative estimate of drug-likeness (QED) is 0.410. The van der Waals surface area contributed by atoms with E-state index in [4.69, 9.17) is 9.47 Å². The van der Waals surface area contributed by atoms with E-state index < -0.39 is 6.03 Å². The highest BCUT2D eigenvalue weighted by Gasteiger charge is 2.03. The molecule has 0 bridgehead atoms. The van der Waals surface area contributed by atoms with Gasteiger partial charge in [-0.1, -0.05) is 0 Å². The topological polar surface area (TPSA) is 125 Å². The van der Waals surface area contributed by atoms with E-state index in [9.17, 15) is 15.0 Å². The van der Waals surface area contributed by atoms with Crippen molar-refractivity contribution in [2.24, 2.45) is 10.2 Å². The summed E-state index contributed by atoms with van der Waals surface area (Å²) in [6.45, 7) is 4.45. The van der Waals surface area contributed by atoms with Crippen molar-refractivity contribution in [3.63, 3.8) is 0 Å². The molecule has 28 heavy (non-hydrogen) atoms. The maximum atomic E-state index is 11.7. The number of amides is 2. The van der Waals surface area contributed by atoms with Crippen LogP contribution in [0.15, 0.2) is 46.6 Å². The van der Waals surface area contributed by atoms with Gasteiger partial charge in [-0.15, -0.1) is 0 Å². The van der Waals surface area contributed by atoms with Gasteiger partial charge >= 0.3 is 6.03 Å². The van der Waals surface area contributed by atoms with Crippen LogP contribution in [-0.2, 0) is 0 Å². The second-order valence-electron chi connectivity index (χ2n) is 5.39. The number of phenolic OH excluding ortho intramolecular Hbond substituents is 2. The largest absolute Gasteiger partial charge is 0.504 e. The number of aromatic hydroxyl groups is 2. The molecule has 9 nitrogen and oxygen atoms in total. The van der Waals surface area contributed by atoms with E-state index in [1.165, 1.54) is 24.6 Å². The highest BCUT2D eigenvalue weighted by molar-refractivity contribution is 5.84. The number of hydrogen-bond acceptors (Lipinski definition) is 7. The molecule has 0 aliphatic heterocycles. The van der Waals surface area contributed by atoms with Gasteiger partial charge in [0.2, 0.25) is 0 Å². The van der Waals surface area contributed by atoms with E-state index in [-0.39, 0.29) is 11.5 Å². The molecule has 0 spiro atoms. The molecule has 148 valence electrons. The molecule has 0 saturated carbocycles. The fourth-order valence-electron chi connectivity index (χ4n) is 2.12. The third-order valence-electron chi connectivity index (χ3n) is 3.33. The Morgan fingerprint density at radius 2 is 1.32 bits per heavy atom. The predicted octanol–water partition coefficient (Wildman–Crippen LogP) is 2.56. The molecule has 0 aromatic heterocycles. The van der Waals surface area contributed by atoms with Gasteiger partial charge in [0.05, 0.1) is 25.6 Å². The van der Waals surface area contributed by atoms with Crippen LogP contribution in [0.3, 0.4) is 0 Å². The van der Waals surface area contributed by atoms with Crippen molar-refractivity contribution in [1.82, 2.24) is 10.9 Å². The first-order chi connectivity index (χ1) is 13.5. The zero-order chi connectivity index (χ0) is 20.4. The van der Waals surface area contributed by atoms with Gasteiger partial charge < -0.3 is 19.7 Å². The lowest BCUT2D eigenvalue weighted by molar-refractivity contribution is 0.242. The summed E-state index contributed by atoms with van der Waals surface area (Å²) >= 11 is 0. The smallest absolute Gasteiger partial charge is 0.355 e. The maximum Gasteiger partial charge on any atom is 0.355 e. The van der Waals surface area contributed by atoms with Crippen LogP contribution < -0.4 is 20.3 Å². The van der Waals surface area contributed by atoms with Crippen LogP contribution in [0.1, 0.15) is 25.0 Å². The van der Waals surface area contributed by atoms with Gasteiger partial charge in [-0.2, -0.15) is 10.2 Å². The molecule has 2 aromatic rings. The van der Waals surface area contributed by atoms with Crippen molar-refractivity contribution >= 4 is 18.5 Å². The van der Waals surface area contributed by atoms with Crippen molar-refractivity contribution in [3.05, 3.63) is 47.5 Å². The Kier molecular flexibility index (Phi) is 7.64. The molecular weight excluding hydrogens is 364 g/mol. The molecule has 0 atom stereocenters. The van der Waals surface area contributed by atoms with Crippen molar-refractivity contribution in [2.75, 3.05) is 13.2 Å². The van der Waals surface area contributed by atoms with E-state index in [0.717, 1.165) is 0 Å². The number of hydrogen-bond donors (Lipinski definition) is 4. The molecular formula is C19H22N4O5. The zero-order valence-electron chi connectivity index (χ0n) is 15.5. The first kappa shape index (κ1) is 20.6. The van der Waals surface area contributed by atoms with Crippen molar-refractivity contribution in [1.29, 1.82) is 0 Å². The number of nitrogens with zero attached hydrogens (tertiary/aromatic N) is 2. The number of hydrazone groups is 2. The molecule has 0 fully saturated rings. The summed E-state index contributed by atoms with van der Waals surface area (Å²) in [4.78, 5) is 11.7. The summed E-state index contributed by atoms with van der Waals surface area (Å²) in [5.41, 5.74) is 5.80. The third-order valence-corrected chi connectivity index (χ3v) is 3.33. The van der Waals surface area contributed by atoms with E-state index in [2.05, 4.69) is 21.1 Å². The highest BCUT2D eigenvalue weighted by Crippen LogP contribution is 2.26. The second kappa shape index (κ2) is 10.4. The summed E-state index contributed by atoms with van der Waals surface area (Å²) in [5.74, 6) is 0.725. The molecule has 0 unspecified atom stereocenters. The molecule has 0 aliphatic rings. The number of nitrogens with one attached hydrogen (secondary N) is 2. The number of carbonyl (C=O) groups is 1. The molecule has 0 aliphatic carbocycles. The van der Waals surface area contributed by atoms with Crippen LogP contribution in [0, 0.1) is 0 Å². The fourth-order valence-corrected chi connectivity index (χ4v) is 2.12. The number of phenols is 2. The Labute approximate surface area is 162 Å². The van der Waals surface area contributed by atoms with Crippen LogP contribution >= 0.6 is 0 Å². The van der Waals surface area contributed by atoms with Crippen LogP contribution in [0.25, 0.3) is 0 Å². The Bertz CT molecular complexity index is 798. The van der Waals surface area contributed by atoms with Gasteiger partial charge in [-0.05, 0) is 61.4 Å². The summed E-state index contributed by atoms with van der Waals surface area (Å²) < 4.78 is 10.6.